The summed E-state index contributed by atoms with van der Waals surface area (Å²) in [4.78, 5) is 13.2. The average Bonchev–Trinajstić information content (AvgIpc) is 2.37. The Kier molecular flexibility index (Phi) is 4.18. The van der Waals surface area contributed by atoms with Crippen molar-refractivity contribution in [1.82, 2.24) is 4.90 Å². The van der Waals surface area contributed by atoms with Gasteiger partial charge in [0.25, 0.3) is 5.91 Å². The van der Waals surface area contributed by atoms with E-state index in [4.69, 9.17) is 0 Å². The van der Waals surface area contributed by atoms with Gasteiger partial charge in [0.1, 0.15) is 6.04 Å². The molecule has 2 nitrogen and oxygen atoms in total. The quantitative estimate of drug-likeness (QED) is 0.759. The van der Waals surface area contributed by atoms with Crippen molar-refractivity contribution in [2.75, 3.05) is 6.54 Å². The van der Waals surface area contributed by atoms with Crippen molar-refractivity contribution in [3.63, 3.8) is 0 Å². The first-order valence-corrected chi connectivity index (χ1v) is 6.82. The lowest BCUT2D eigenvalue weighted by atomic mass is 10.0. The van der Waals surface area contributed by atoms with E-state index in [0.29, 0.717) is 17.3 Å². The summed E-state index contributed by atoms with van der Waals surface area (Å²) in [5.41, 5.74) is 0.283. The number of hydrogen-bond acceptors (Lipinski definition) is 1. The van der Waals surface area contributed by atoms with Gasteiger partial charge in [0.2, 0.25) is 0 Å². The molecule has 1 amide bonds. The van der Waals surface area contributed by atoms with E-state index in [9.17, 15) is 18.0 Å². The van der Waals surface area contributed by atoms with Crippen LogP contribution in [0.5, 0.6) is 0 Å². The lowest BCUT2D eigenvalue weighted by Crippen LogP contribution is -2.51. The van der Waals surface area contributed by atoms with Gasteiger partial charge in [-0.1, -0.05) is 22.0 Å². The van der Waals surface area contributed by atoms with Crippen LogP contribution in [0.25, 0.3) is 0 Å². The standard InChI is InChI=1S/C13H13BrF3NO/c14-10-5-3-4-9(8-10)12(19)18-7-2-1-6-11(18)13(15,16)17/h3-5,8,11H,1-2,6-7H2. The first-order valence-electron chi connectivity index (χ1n) is 6.03. The zero-order valence-corrected chi connectivity index (χ0v) is 11.7. The van der Waals surface area contributed by atoms with Crippen molar-refractivity contribution in [2.24, 2.45) is 0 Å². The monoisotopic (exact) mass is 335 g/mol. The number of piperidine rings is 1. The lowest BCUT2D eigenvalue weighted by Gasteiger charge is -2.36. The normalized spacial score (nSPS) is 20.4. The molecule has 1 fully saturated rings. The topological polar surface area (TPSA) is 20.3 Å². The number of alkyl halides is 3. The molecule has 0 bridgehead atoms. The molecule has 1 atom stereocenters. The smallest absolute Gasteiger partial charge is 0.327 e. The second-order valence-electron chi connectivity index (χ2n) is 4.56. The van der Waals surface area contributed by atoms with E-state index < -0.39 is 18.1 Å². The molecule has 6 heteroatoms. The molecular formula is C13H13BrF3NO. The molecule has 0 N–H and O–H groups in total. The third-order valence-electron chi connectivity index (χ3n) is 3.21. The van der Waals surface area contributed by atoms with E-state index in [0.717, 1.165) is 4.90 Å². The summed E-state index contributed by atoms with van der Waals surface area (Å²) < 4.78 is 39.5. The number of amides is 1. The van der Waals surface area contributed by atoms with E-state index in [1.165, 1.54) is 6.07 Å². The van der Waals surface area contributed by atoms with Gasteiger partial charge in [-0.15, -0.1) is 0 Å². The van der Waals surface area contributed by atoms with Gasteiger partial charge in [-0.3, -0.25) is 4.79 Å². The van der Waals surface area contributed by atoms with Crippen LogP contribution in [0, 0.1) is 0 Å². The van der Waals surface area contributed by atoms with Gasteiger partial charge in [0.05, 0.1) is 0 Å². The molecule has 0 radical (unpaired) electrons. The minimum atomic E-state index is -4.36. The molecule has 19 heavy (non-hydrogen) atoms. The van der Waals surface area contributed by atoms with Crippen LogP contribution in [0.4, 0.5) is 13.2 Å². The van der Waals surface area contributed by atoms with Crippen LogP contribution in [0.1, 0.15) is 29.6 Å². The summed E-state index contributed by atoms with van der Waals surface area (Å²) in [6, 6.07) is 4.80. The SMILES string of the molecule is O=C(c1cccc(Br)c1)N1CCCCC1C(F)(F)F. The van der Waals surface area contributed by atoms with Crippen molar-refractivity contribution in [1.29, 1.82) is 0 Å². The zero-order chi connectivity index (χ0) is 14.0. The molecule has 1 unspecified atom stereocenters. The number of hydrogen-bond donors (Lipinski definition) is 0. The Balaban J connectivity index is 2.25. The molecule has 0 spiro atoms. The van der Waals surface area contributed by atoms with Crippen LogP contribution in [-0.2, 0) is 0 Å². The molecule has 0 aromatic heterocycles. The van der Waals surface area contributed by atoms with Crippen molar-refractivity contribution < 1.29 is 18.0 Å². The van der Waals surface area contributed by atoms with Crippen molar-refractivity contribution >= 4 is 21.8 Å². The van der Waals surface area contributed by atoms with Gasteiger partial charge in [0.15, 0.2) is 0 Å². The molecule has 2 rings (SSSR count). The Bertz CT molecular complexity index is 475. The van der Waals surface area contributed by atoms with E-state index in [2.05, 4.69) is 15.9 Å². The zero-order valence-electron chi connectivity index (χ0n) is 10.1. The first-order chi connectivity index (χ1) is 8.89. The van der Waals surface area contributed by atoms with Crippen LogP contribution in [0.3, 0.4) is 0 Å². The van der Waals surface area contributed by atoms with Crippen molar-refractivity contribution in [3.05, 3.63) is 34.3 Å². The summed E-state index contributed by atoms with van der Waals surface area (Å²) in [5.74, 6) is -0.552. The molecule has 104 valence electrons. The highest BCUT2D eigenvalue weighted by molar-refractivity contribution is 9.10. The van der Waals surface area contributed by atoms with Crippen LogP contribution in [0.2, 0.25) is 0 Å². The Morgan fingerprint density at radius 1 is 1.32 bits per heavy atom. The maximum absolute atomic E-state index is 12.9. The molecular weight excluding hydrogens is 323 g/mol. The van der Waals surface area contributed by atoms with E-state index in [1.54, 1.807) is 18.2 Å². The van der Waals surface area contributed by atoms with Gasteiger partial charge in [-0.25, -0.2) is 0 Å². The number of benzene rings is 1. The Hall–Kier alpha value is -1.04. The highest BCUT2D eigenvalue weighted by Gasteiger charge is 2.46. The van der Waals surface area contributed by atoms with Gasteiger partial charge >= 0.3 is 6.18 Å². The minimum absolute atomic E-state index is 0.0107. The summed E-state index contributed by atoms with van der Waals surface area (Å²) in [7, 11) is 0. The largest absolute Gasteiger partial charge is 0.408 e. The van der Waals surface area contributed by atoms with Gasteiger partial charge in [-0.05, 0) is 37.5 Å². The molecule has 0 saturated carbocycles. The molecule has 0 aliphatic carbocycles. The van der Waals surface area contributed by atoms with Crippen LogP contribution >= 0.6 is 15.9 Å². The fourth-order valence-electron chi connectivity index (χ4n) is 2.30. The van der Waals surface area contributed by atoms with Gasteiger partial charge < -0.3 is 4.90 Å². The number of rotatable bonds is 1. The van der Waals surface area contributed by atoms with E-state index in [1.807, 2.05) is 0 Å². The minimum Gasteiger partial charge on any atom is -0.327 e. The second kappa shape index (κ2) is 5.53. The predicted octanol–water partition coefficient (Wildman–Crippen LogP) is 4.01. The fourth-order valence-corrected chi connectivity index (χ4v) is 2.70. The predicted molar refractivity (Wildman–Crippen MR) is 68.9 cm³/mol. The Labute approximate surface area is 117 Å². The third-order valence-corrected chi connectivity index (χ3v) is 3.71. The van der Waals surface area contributed by atoms with Crippen molar-refractivity contribution in [2.45, 2.75) is 31.5 Å². The Morgan fingerprint density at radius 3 is 2.68 bits per heavy atom. The first kappa shape index (κ1) is 14.4. The summed E-state index contributed by atoms with van der Waals surface area (Å²) in [5, 5.41) is 0. The average molecular weight is 336 g/mol. The molecule has 1 aliphatic rings. The second-order valence-corrected chi connectivity index (χ2v) is 5.48. The Morgan fingerprint density at radius 2 is 2.05 bits per heavy atom. The number of carbonyl (C=O) groups excluding carboxylic acids is 1. The third kappa shape index (κ3) is 3.29. The summed E-state index contributed by atoms with van der Waals surface area (Å²) >= 11 is 3.22. The van der Waals surface area contributed by atoms with Crippen LogP contribution in [-0.4, -0.2) is 29.6 Å². The van der Waals surface area contributed by atoms with Crippen LogP contribution in [0.15, 0.2) is 28.7 Å². The molecule has 1 aromatic carbocycles. The molecule has 1 aliphatic heterocycles. The number of halogens is 4. The number of likely N-dealkylation sites (tertiary alicyclic amines) is 1. The highest BCUT2D eigenvalue weighted by Crippen LogP contribution is 2.32. The van der Waals surface area contributed by atoms with E-state index in [-0.39, 0.29) is 18.5 Å². The number of carbonyl (C=O) groups is 1. The summed E-state index contributed by atoms with van der Waals surface area (Å²) in [6.07, 6.45) is -3.25. The lowest BCUT2D eigenvalue weighted by molar-refractivity contribution is -0.183. The van der Waals surface area contributed by atoms with Crippen molar-refractivity contribution in [3.8, 4) is 0 Å². The van der Waals surface area contributed by atoms with Gasteiger partial charge in [0, 0.05) is 16.6 Å². The van der Waals surface area contributed by atoms with Gasteiger partial charge in [-0.2, -0.15) is 13.2 Å². The summed E-state index contributed by atoms with van der Waals surface area (Å²) in [6.45, 7) is 0.162. The van der Waals surface area contributed by atoms with E-state index >= 15 is 0 Å². The van der Waals surface area contributed by atoms with Crippen LogP contribution < -0.4 is 0 Å². The molecule has 1 saturated heterocycles. The maximum atomic E-state index is 12.9. The molecule has 1 heterocycles. The fraction of sp³-hybridized carbons (Fsp3) is 0.462. The number of nitrogens with zero attached hydrogens (tertiary/aromatic N) is 1. The maximum Gasteiger partial charge on any atom is 0.408 e. The highest BCUT2D eigenvalue weighted by atomic mass is 79.9. The molecule has 1 aromatic rings.